The average molecular weight is 747 g/mol. The van der Waals surface area contributed by atoms with Crippen LogP contribution in [0, 0.1) is 0 Å². The lowest BCUT2D eigenvalue weighted by molar-refractivity contribution is 0.669. The summed E-state index contributed by atoms with van der Waals surface area (Å²) in [6.07, 6.45) is 0. The molecular formula is C51H30N4OS. The van der Waals surface area contributed by atoms with Crippen LogP contribution in [0.4, 0.5) is 0 Å². The number of furan rings is 1. The van der Waals surface area contributed by atoms with E-state index in [0.717, 1.165) is 66.5 Å². The van der Waals surface area contributed by atoms with Crippen molar-refractivity contribution in [3.8, 4) is 51.0 Å². The molecule has 0 atom stereocenters. The normalized spacial score (nSPS) is 11.9. The Morgan fingerprint density at radius 1 is 0.404 bits per heavy atom. The molecule has 0 aliphatic rings. The van der Waals surface area contributed by atoms with Gasteiger partial charge in [0, 0.05) is 58.4 Å². The molecule has 0 saturated heterocycles. The summed E-state index contributed by atoms with van der Waals surface area (Å²) in [5.41, 5.74) is 9.88. The molecule has 0 aliphatic carbocycles. The molecule has 57 heavy (non-hydrogen) atoms. The monoisotopic (exact) mass is 746 g/mol. The summed E-state index contributed by atoms with van der Waals surface area (Å²) in [6.45, 7) is 0. The van der Waals surface area contributed by atoms with Gasteiger partial charge in [-0.05, 0) is 59.7 Å². The second-order valence-corrected chi connectivity index (χ2v) is 15.4. The third kappa shape index (κ3) is 4.98. The van der Waals surface area contributed by atoms with Gasteiger partial charge >= 0.3 is 0 Å². The smallest absolute Gasteiger partial charge is 0.166 e. The molecule has 0 spiro atoms. The van der Waals surface area contributed by atoms with Crippen LogP contribution in [0.15, 0.2) is 186 Å². The molecular weight excluding hydrogens is 717 g/mol. The third-order valence-corrected chi connectivity index (χ3v) is 12.3. The van der Waals surface area contributed by atoms with E-state index in [1.54, 1.807) is 0 Å². The maximum absolute atomic E-state index is 6.53. The molecule has 5 nitrogen and oxygen atoms in total. The first kappa shape index (κ1) is 31.9. The van der Waals surface area contributed by atoms with Gasteiger partial charge < -0.3 is 8.98 Å². The number of para-hydroxylation sites is 2. The molecule has 0 amide bonds. The molecule has 0 unspecified atom stereocenters. The Balaban J connectivity index is 1.08. The van der Waals surface area contributed by atoms with E-state index in [2.05, 4.69) is 144 Å². The molecule has 12 rings (SSSR count). The second-order valence-electron chi connectivity index (χ2n) is 14.3. The molecule has 0 aliphatic heterocycles. The molecule has 6 heteroatoms. The maximum atomic E-state index is 6.53. The fourth-order valence-corrected chi connectivity index (χ4v) is 9.78. The fraction of sp³-hybridized carbons (Fsp3) is 0. The number of fused-ring (bicyclic) bond motifs is 10. The first-order valence-corrected chi connectivity index (χ1v) is 19.8. The molecule has 12 aromatic rings. The summed E-state index contributed by atoms with van der Waals surface area (Å²) in [7, 11) is 0. The van der Waals surface area contributed by atoms with Gasteiger partial charge in [0.15, 0.2) is 17.5 Å². The lowest BCUT2D eigenvalue weighted by Crippen LogP contribution is -2.03. The average Bonchev–Trinajstić information content (AvgIpc) is 3.96. The van der Waals surface area contributed by atoms with Crippen molar-refractivity contribution in [2.45, 2.75) is 0 Å². The number of aromatic nitrogens is 4. The Kier molecular flexibility index (Phi) is 7.03. The van der Waals surface area contributed by atoms with Crippen LogP contribution in [0.3, 0.4) is 0 Å². The van der Waals surface area contributed by atoms with Crippen molar-refractivity contribution in [3.63, 3.8) is 0 Å². The van der Waals surface area contributed by atoms with Crippen molar-refractivity contribution in [1.82, 2.24) is 19.5 Å². The highest BCUT2D eigenvalue weighted by Gasteiger charge is 2.22. The first-order chi connectivity index (χ1) is 28.3. The van der Waals surface area contributed by atoms with Crippen molar-refractivity contribution in [3.05, 3.63) is 182 Å². The number of hydrogen-bond acceptors (Lipinski definition) is 5. The van der Waals surface area contributed by atoms with E-state index in [4.69, 9.17) is 19.4 Å². The summed E-state index contributed by atoms with van der Waals surface area (Å²) in [5, 5.41) is 7.20. The summed E-state index contributed by atoms with van der Waals surface area (Å²) in [6, 6.07) is 63.6. The second kappa shape index (κ2) is 12.6. The highest BCUT2D eigenvalue weighted by atomic mass is 32.1. The molecule has 4 heterocycles. The van der Waals surface area contributed by atoms with Crippen LogP contribution in [0.25, 0.3) is 115 Å². The standard InChI is InChI=1S/C51H30N4OS/c1-3-14-31(15-4-1)34-21-13-24-43-46(34)39-27-26-33(30-44(39)56-43)50-52-49(32-16-5-2-6-17-32)53-51(54-50)38-20-8-11-23-41(38)55-40-22-10-7-19-37(40)47-42(55)29-28-36-35-18-9-12-25-45(35)57-48(36)47/h1-30H. The molecule has 8 aromatic carbocycles. The van der Waals surface area contributed by atoms with Crippen molar-refractivity contribution in [2.24, 2.45) is 0 Å². The van der Waals surface area contributed by atoms with Gasteiger partial charge in [0.05, 0.1) is 16.7 Å². The van der Waals surface area contributed by atoms with Crippen LogP contribution in [0.5, 0.6) is 0 Å². The van der Waals surface area contributed by atoms with Gasteiger partial charge in [0.25, 0.3) is 0 Å². The number of thiophene rings is 1. The SMILES string of the molecule is c1ccc(-c2nc(-c3ccc4c(c3)oc3cccc(-c5ccccc5)c34)nc(-c3ccccc3-n3c4ccccc4c4c5sc6ccccc6c5ccc43)n2)cc1. The van der Waals surface area contributed by atoms with E-state index in [1.165, 1.54) is 30.9 Å². The Morgan fingerprint density at radius 2 is 1.07 bits per heavy atom. The zero-order chi connectivity index (χ0) is 37.5. The molecule has 0 fully saturated rings. The topological polar surface area (TPSA) is 56.7 Å². The quantitative estimate of drug-likeness (QED) is 0.176. The van der Waals surface area contributed by atoms with E-state index < -0.39 is 0 Å². The molecule has 0 bridgehead atoms. The minimum absolute atomic E-state index is 0.577. The van der Waals surface area contributed by atoms with Gasteiger partial charge in [0.2, 0.25) is 0 Å². The summed E-state index contributed by atoms with van der Waals surface area (Å²) in [4.78, 5) is 15.6. The Labute approximate surface area is 330 Å². The zero-order valence-electron chi connectivity index (χ0n) is 30.4. The highest BCUT2D eigenvalue weighted by Crippen LogP contribution is 2.44. The van der Waals surface area contributed by atoms with Crippen LogP contribution < -0.4 is 0 Å². The maximum Gasteiger partial charge on any atom is 0.166 e. The molecule has 0 radical (unpaired) electrons. The predicted molar refractivity (Wildman–Crippen MR) is 236 cm³/mol. The van der Waals surface area contributed by atoms with Gasteiger partial charge in [-0.25, -0.2) is 15.0 Å². The van der Waals surface area contributed by atoms with Crippen LogP contribution in [-0.2, 0) is 0 Å². The Hall–Kier alpha value is -7.41. The Morgan fingerprint density at radius 3 is 1.93 bits per heavy atom. The molecule has 4 aromatic heterocycles. The fourth-order valence-electron chi connectivity index (χ4n) is 8.52. The van der Waals surface area contributed by atoms with Crippen molar-refractivity contribution in [2.75, 3.05) is 0 Å². The van der Waals surface area contributed by atoms with Crippen LogP contribution in [-0.4, -0.2) is 19.5 Å². The summed E-state index contributed by atoms with van der Waals surface area (Å²) >= 11 is 1.86. The van der Waals surface area contributed by atoms with E-state index in [1.807, 2.05) is 53.8 Å². The van der Waals surface area contributed by atoms with Crippen LogP contribution >= 0.6 is 11.3 Å². The molecule has 266 valence electrons. The number of nitrogens with zero attached hydrogens (tertiary/aromatic N) is 4. The van der Waals surface area contributed by atoms with Crippen molar-refractivity contribution >= 4 is 75.3 Å². The third-order valence-electron chi connectivity index (χ3n) is 11.1. The zero-order valence-corrected chi connectivity index (χ0v) is 31.2. The first-order valence-electron chi connectivity index (χ1n) is 19.0. The minimum atomic E-state index is 0.577. The lowest BCUT2D eigenvalue weighted by atomic mass is 9.99. The lowest BCUT2D eigenvalue weighted by Gasteiger charge is -2.14. The number of hydrogen-bond donors (Lipinski definition) is 0. The molecule has 0 saturated carbocycles. The highest BCUT2D eigenvalue weighted by molar-refractivity contribution is 7.26. The Bertz CT molecular complexity index is 3530. The summed E-state index contributed by atoms with van der Waals surface area (Å²) in [5.74, 6) is 1.78. The minimum Gasteiger partial charge on any atom is -0.456 e. The summed E-state index contributed by atoms with van der Waals surface area (Å²) < 4.78 is 11.5. The molecule has 0 N–H and O–H groups in total. The van der Waals surface area contributed by atoms with Gasteiger partial charge in [-0.2, -0.15) is 0 Å². The number of rotatable bonds is 5. The van der Waals surface area contributed by atoms with Crippen LogP contribution in [0.1, 0.15) is 0 Å². The largest absolute Gasteiger partial charge is 0.456 e. The van der Waals surface area contributed by atoms with Crippen molar-refractivity contribution in [1.29, 1.82) is 0 Å². The van der Waals surface area contributed by atoms with Gasteiger partial charge in [-0.3, -0.25) is 0 Å². The predicted octanol–water partition coefficient (Wildman–Crippen LogP) is 13.9. The van der Waals surface area contributed by atoms with Gasteiger partial charge in [-0.1, -0.05) is 133 Å². The van der Waals surface area contributed by atoms with E-state index in [9.17, 15) is 0 Å². The van der Waals surface area contributed by atoms with Gasteiger partial charge in [0.1, 0.15) is 11.2 Å². The van der Waals surface area contributed by atoms with Crippen molar-refractivity contribution < 1.29 is 4.42 Å². The van der Waals surface area contributed by atoms with E-state index in [0.29, 0.717) is 17.5 Å². The number of benzene rings is 8. The van der Waals surface area contributed by atoms with Gasteiger partial charge in [-0.15, -0.1) is 11.3 Å². The van der Waals surface area contributed by atoms with Crippen LogP contribution in [0.2, 0.25) is 0 Å². The van der Waals surface area contributed by atoms with E-state index in [-0.39, 0.29) is 0 Å². The van der Waals surface area contributed by atoms with E-state index >= 15 is 0 Å².